The summed E-state index contributed by atoms with van der Waals surface area (Å²) < 4.78 is 24.1. The Kier molecular flexibility index (Phi) is 4.06. The van der Waals surface area contributed by atoms with Gasteiger partial charge in [-0.1, -0.05) is 0 Å². The van der Waals surface area contributed by atoms with Gasteiger partial charge >= 0.3 is 0 Å². The quantitative estimate of drug-likeness (QED) is 0.938. The molecule has 116 valence electrons. The molecule has 6 nitrogen and oxygen atoms in total. The van der Waals surface area contributed by atoms with E-state index in [0.29, 0.717) is 25.5 Å². The van der Waals surface area contributed by atoms with E-state index in [-0.39, 0.29) is 17.5 Å². The zero-order chi connectivity index (χ0) is 15.5. The number of rotatable bonds is 3. The molecule has 0 spiro atoms. The highest BCUT2D eigenvalue weighted by atomic mass is 19.1. The SMILES string of the molecule is COc1ccc(F)cc1C(=O)N1CCOC[C@H]1c1ccn[nH]1. The van der Waals surface area contributed by atoms with Crippen molar-refractivity contribution < 1.29 is 18.7 Å². The van der Waals surface area contributed by atoms with Crippen LogP contribution in [0.5, 0.6) is 5.75 Å². The lowest BCUT2D eigenvalue weighted by molar-refractivity contribution is -0.00407. The van der Waals surface area contributed by atoms with Crippen LogP contribution >= 0.6 is 0 Å². The number of ether oxygens (including phenoxy) is 2. The fraction of sp³-hybridized carbons (Fsp3) is 0.333. The highest BCUT2D eigenvalue weighted by Gasteiger charge is 2.31. The molecular formula is C15H16FN3O3. The lowest BCUT2D eigenvalue weighted by atomic mass is 10.1. The molecule has 0 saturated carbocycles. The molecule has 22 heavy (non-hydrogen) atoms. The number of hydrogen-bond donors (Lipinski definition) is 1. The zero-order valence-corrected chi connectivity index (χ0v) is 12.1. The Morgan fingerprint density at radius 3 is 3.09 bits per heavy atom. The van der Waals surface area contributed by atoms with Gasteiger partial charge in [-0.2, -0.15) is 5.10 Å². The maximum absolute atomic E-state index is 13.5. The predicted octanol–water partition coefficient (Wildman–Crippen LogP) is 1.77. The van der Waals surface area contributed by atoms with Gasteiger partial charge in [-0.15, -0.1) is 0 Å². The van der Waals surface area contributed by atoms with Crippen molar-refractivity contribution in [3.05, 3.63) is 47.5 Å². The minimum Gasteiger partial charge on any atom is -0.496 e. The molecule has 1 aromatic carbocycles. The van der Waals surface area contributed by atoms with Crippen molar-refractivity contribution in [3.63, 3.8) is 0 Å². The lowest BCUT2D eigenvalue weighted by Crippen LogP contribution is -2.43. The molecule has 1 N–H and O–H groups in total. The van der Waals surface area contributed by atoms with Crippen LogP contribution < -0.4 is 4.74 Å². The lowest BCUT2D eigenvalue weighted by Gasteiger charge is -2.35. The van der Waals surface area contributed by atoms with Gasteiger partial charge in [0.1, 0.15) is 11.6 Å². The molecule has 1 saturated heterocycles. The summed E-state index contributed by atoms with van der Waals surface area (Å²) in [5.74, 6) is -0.420. The molecular weight excluding hydrogens is 289 g/mol. The van der Waals surface area contributed by atoms with Crippen LogP contribution in [-0.2, 0) is 4.74 Å². The first-order valence-electron chi connectivity index (χ1n) is 6.92. The van der Waals surface area contributed by atoms with Crippen molar-refractivity contribution in [2.45, 2.75) is 6.04 Å². The average Bonchev–Trinajstić information content (AvgIpc) is 3.08. The van der Waals surface area contributed by atoms with Crippen molar-refractivity contribution in [3.8, 4) is 5.75 Å². The maximum Gasteiger partial charge on any atom is 0.258 e. The van der Waals surface area contributed by atoms with E-state index in [1.807, 2.05) is 0 Å². The van der Waals surface area contributed by atoms with Crippen LogP contribution in [0.25, 0.3) is 0 Å². The molecule has 0 bridgehead atoms. The molecule has 0 aliphatic carbocycles. The summed E-state index contributed by atoms with van der Waals surface area (Å²) in [6.07, 6.45) is 1.62. The number of nitrogens with zero attached hydrogens (tertiary/aromatic N) is 2. The third-order valence-corrected chi connectivity index (χ3v) is 3.66. The van der Waals surface area contributed by atoms with E-state index in [2.05, 4.69) is 10.2 Å². The molecule has 1 aromatic heterocycles. The minimum atomic E-state index is -0.476. The minimum absolute atomic E-state index is 0.203. The third-order valence-electron chi connectivity index (χ3n) is 3.66. The molecule has 0 unspecified atom stereocenters. The predicted molar refractivity (Wildman–Crippen MR) is 76.1 cm³/mol. The van der Waals surface area contributed by atoms with Crippen LogP contribution in [0.4, 0.5) is 4.39 Å². The highest BCUT2D eigenvalue weighted by molar-refractivity contribution is 5.97. The summed E-state index contributed by atoms with van der Waals surface area (Å²) >= 11 is 0. The Morgan fingerprint density at radius 1 is 1.50 bits per heavy atom. The van der Waals surface area contributed by atoms with Crippen molar-refractivity contribution in [2.75, 3.05) is 26.9 Å². The molecule has 1 aliphatic heterocycles. The third kappa shape index (κ3) is 2.67. The van der Waals surface area contributed by atoms with Crippen molar-refractivity contribution in [1.82, 2.24) is 15.1 Å². The number of benzene rings is 1. The molecule has 1 aliphatic rings. The van der Waals surface area contributed by atoms with Crippen LogP contribution in [0.2, 0.25) is 0 Å². The summed E-state index contributed by atoms with van der Waals surface area (Å²) in [5.41, 5.74) is 0.984. The number of amides is 1. The van der Waals surface area contributed by atoms with Crippen LogP contribution in [0.15, 0.2) is 30.5 Å². The molecule has 2 heterocycles. The normalized spacial score (nSPS) is 18.3. The molecule has 2 aromatic rings. The van der Waals surface area contributed by atoms with Gasteiger partial charge in [0.25, 0.3) is 5.91 Å². The number of hydrogen-bond acceptors (Lipinski definition) is 4. The Labute approximate surface area is 126 Å². The van der Waals surface area contributed by atoms with Gasteiger partial charge in [0, 0.05) is 12.7 Å². The van der Waals surface area contributed by atoms with Crippen LogP contribution in [0.3, 0.4) is 0 Å². The van der Waals surface area contributed by atoms with Gasteiger partial charge < -0.3 is 14.4 Å². The van der Waals surface area contributed by atoms with E-state index in [1.54, 1.807) is 17.2 Å². The number of aromatic nitrogens is 2. The molecule has 3 rings (SSSR count). The Balaban J connectivity index is 1.94. The molecule has 7 heteroatoms. The second-order valence-corrected chi connectivity index (χ2v) is 4.95. The van der Waals surface area contributed by atoms with Crippen LogP contribution in [0.1, 0.15) is 22.1 Å². The van der Waals surface area contributed by atoms with Gasteiger partial charge in [0.2, 0.25) is 0 Å². The number of methoxy groups -OCH3 is 1. The Bertz CT molecular complexity index is 660. The van der Waals surface area contributed by atoms with Crippen molar-refractivity contribution in [1.29, 1.82) is 0 Å². The number of carbonyl (C=O) groups is 1. The number of halogens is 1. The van der Waals surface area contributed by atoms with E-state index < -0.39 is 5.82 Å². The first kappa shape index (κ1) is 14.5. The Morgan fingerprint density at radius 2 is 2.36 bits per heavy atom. The average molecular weight is 305 g/mol. The van der Waals surface area contributed by atoms with Gasteiger partial charge in [0.15, 0.2) is 0 Å². The number of aromatic amines is 1. The number of morpholine rings is 1. The van der Waals surface area contributed by atoms with E-state index in [0.717, 1.165) is 5.69 Å². The number of carbonyl (C=O) groups excluding carboxylic acids is 1. The molecule has 0 radical (unpaired) electrons. The summed E-state index contributed by atoms with van der Waals surface area (Å²) in [7, 11) is 1.45. The monoisotopic (exact) mass is 305 g/mol. The van der Waals surface area contributed by atoms with E-state index >= 15 is 0 Å². The van der Waals surface area contributed by atoms with Crippen LogP contribution in [0, 0.1) is 5.82 Å². The summed E-state index contributed by atoms with van der Waals surface area (Å²) in [6, 6.07) is 5.43. The first-order chi connectivity index (χ1) is 10.7. The standard InChI is InChI=1S/C15H16FN3O3/c1-21-14-3-2-10(16)8-11(14)15(20)19-6-7-22-9-13(19)12-4-5-17-18-12/h2-5,8,13H,6-7,9H2,1H3,(H,17,18)/t13-/m0/s1. The molecule has 1 atom stereocenters. The van der Waals surface area contributed by atoms with E-state index in [1.165, 1.54) is 25.3 Å². The van der Waals surface area contributed by atoms with Gasteiger partial charge in [-0.05, 0) is 24.3 Å². The maximum atomic E-state index is 13.5. The largest absolute Gasteiger partial charge is 0.496 e. The topological polar surface area (TPSA) is 67.4 Å². The fourth-order valence-electron chi connectivity index (χ4n) is 2.56. The molecule has 1 fully saturated rings. The van der Waals surface area contributed by atoms with E-state index in [9.17, 15) is 9.18 Å². The van der Waals surface area contributed by atoms with E-state index in [4.69, 9.17) is 9.47 Å². The second-order valence-electron chi connectivity index (χ2n) is 4.95. The molecule has 1 amide bonds. The van der Waals surface area contributed by atoms with Crippen LogP contribution in [-0.4, -0.2) is 47.9 Å². The number of H-pyrrole nitrogens is 1. The van der Waals surface area contributed by atoms with Crippen molar-refractivity contribution >= 4 is 5.91 Å². The summed E-state index contributed by atoms with van der Waals surface area (Å²) in [5, 5.41) is 6.76. The smallest absolute Gasteiger partial charge is 0.258 e. The number of nitrogens with one attached hydrogen (secondary N) is 1. The second kappa shape index (κ2) is 6.15. The Hall–Kier alpha value is -2.41. The van der Waals surface area contributed by atoms with Gasteiger partial charge in [-0.3, -0.25) is 9.89 Å². The summed E-state index contributed by atoms with van der Waals surface area (Å²) in [6.45, 7) is 1.22. The van der Waals surface area contributed by atoms with Gasteiger partial charge in [0.05, 0.1) is 37.6 Å². The highest BCUT2D eigenvalue weighted by Crippen LogP contribution is 2.28. The fourth-order valence-corrected chi connectivity index (χ4v) is 2.56. The zero-order valence-electron chi connectivity index (χ0n) is 12.1. The van der Waals surface area contributed by atoms with Crippen molar-refractivity contribution in [2.24, 2.45) is 0 Å². The summed E-state index contributed by atoms with van der Waals surface area (Å²) in [4.78, 5) is 14.5. The first-order valence-corrected chi connectivity index (χ1v) is 6.92. The van der Waals surface area contributed by atoms with Gasteiger partial charge in [-0.25, -0.2) is 4.39 Å².